The minimum Gasteiger partial charge on any atom is -0.395 e. The van der Waals surface area contributed by atoms with Crippen LogP contribution in [0.1, 0.15) is 5.56 Å². The van der Waals surface area contributed by atoms with E-state index in [1.54, 1.807) is 18.6 Å². The molecule has 1 N–H and O–H groups in total. The Morgan fingerprint density at radius 3 is 2.62 bits per heavy atom. The summed E-state index contributed by atoms with van der Waals surface area (Å²) in [5, 5.41) is 9.13. The van der Waals surface area contributed by atoms with Crippen molar-refractivity contribution in [2.45, 2.75) is 10.3 Å². The average Bonchev–Trinajstić information content (AvgIpc) is 3.10. The zero-order valence-electron chi connectivity index (χ0n) is 15.7. The standard InChI is InChI=1S/C21H20N4O3S/c26-7-8-29(27)16-4-5-17-19(9-16)25(12-21(17)13-28-14-21)20-23-10-15(11-24-20)18-3-1-2-6-22-18/h1-6,9-11,26H,7-8,12-14H2. The van der Waals surface area contributed by atoms with Crippen molar-refractivity contribution in [3.8, 4) is 11.3 Å². The van der Waals surface area contributed by atoms with Gasteiger partial charge < -0.3 is 14.7 Å². The average molecular weight is 408 g/mol. The molecule has 2 aromatic heterocycles. The predicted octanol–water partition coefficient (Wildman–Crippen LogP) is 2.06. The molecule has 1 saturated heterocycles. The normalized spacial score (nSPS) is 17.8. The maximum atomic E-state index is 12.4. The van der Waals surface area contributed by atoms with Gasteiger partial charge in [-0.3, -0.25) is 9.19 Å². The van der Waals surface area contributed by atoms with Crippen molar-refractivity contribution < 1.29 is 14.1 Å². The zero-order chi connectivity index (χ0) is 19.8. The number of ether oxygens (including phenoxy) is 1. The number of pyridine rings is 1. The molecule has 148 valence electrons. The molecule has 1 atom stereocenters. The second kappa shape index (κ2) is 7.29. The van der Waals surface area contributed by atoms with Gasteiger partial charge in [-0.25, -0.2) is 9.97 Å². The minimum absolute atomic E-state index is 0.0741. The third-order valence-corrected chi connectivity index (χ3v) is 6.76. The summed E-state index contributed by atoms with van der Waals surface area (Å²) in [6, 6.07) is 11.6. The molecule has 0 saturated carbocycles. The van der Waals surface area contributed by atoms with Gasteiger partial charge >= 0.3 is 0 Å². The molecular formula is C21H20N4O3S. The maximum absolute atomic E-state index is 12.4. The number of nitrogens with zero attached hydrogens (tertiary/aromatic N) is 4. The fraction of sp³-hybridized carbons (Fsp3) is 0.286. The lowest BCUT2D eigenvalue weighted by molar-refractivity contribution is -0.0507. The molecule has 29 heavy (non-hydrogen) atoms. The van der Waals surface area contributed by atoms with Gasteiger partial charge in [0.2, 0.25) is 5.95 Å². The molecule has 1 unspecified atom stereocenters. The monoisotopic (exact) mass is 408 g/mol. The van der Waals surface area contributed by atoms with Gasteiger partial charge in [0.05, 0.1) is 47.5 Å². The number of hydrogen-bond donors (Lipinski definition) is 1. The van der Waals surface area contributed by atoms with E-state index in [4.69, 9.17) is 9.84 Å². The van der Waals surface area contributed by atoms with Crippen LogP contribution in [-0.2, 0) is 21.0 Å². The van der Waals surface area contributed by atoms with Gasteiger partial charge in [-0.15, -0.1) is 0 Å². The van der Waals surface area contributed by atoms with E-state index >= 15 is 0 Å². The molecular weight excluding hydrogens is 388 g/mol. The number of aliphatic hydroxyl groups excluding tert-OH is 1. The molecule has 0 radical (unpaired) electrons. The highest BCUT2D eigenvalue weighted by Crippen LogP contribution is 2.48. The van der Waals surface area contributed by atoms with E-state index in [0.29, 0.717) is 24.1 Å². The van der Waals surface area contributed by atoms with Gasteiger partial charge in [-0.05, 0) is 29.8 Å². The van der Waals surface area contributed by atoms with E-state index in [-0.39, 0.29) is 17.8 Å². The molecule has 5 rings (SSSR count). The Labute approximate surface area is 170 Å². The quantitative estimate of drug-likeness (QED) is 0.691. The fourth-order valence-electron chi connectivity index (χ4n) is 3.90. The van der Waals surface area contributed by atoms with E-state index in [9.17, 15) is 4.21 Å². The molecule has 0 amide bonds. The Morgan fingerprint density at radius 1 is 1.14 bits per heavy atom. The van der Waals surface area contributed by atoms with Gasteiger partial charge in [0, 0.05) is 41.3 Å². The first-order chi connectivity index (χ1) is 14.2. The Bertz CT molecular complexity index is 1060. The Balaban J connectivity index is 1.51. The van der Waals surface area contributed by atoms with Gasteiger partial charge in [0.25, 0.3) is 0 Å². The highest BCUT2D eigenvalue weighted by Gasteiger charge is 2.49. The summed E-state index contributed by atoms with van der Waals surface area (Å²) in [5.41, 5.74) is 3.74. The number of hydrogen-bond acceptors (Lipinski definition) is 7. The van der Waals surface area contributed by atoms with Crippen LogP contribution in [0.4, 0.5) is 11.6 Å². The van der Waals surface area contributed by atoms with E-state index in [2.05, 4.69) is 19.9 Å². The lowest BCUT2D eigenvalue weighted by Crippen LogP contribution is -2.49. The predicted molar refractivity (Wildman–Crippen MR) is 110 cm³/mol. The number of aromatic nitrogens is 3. The van der Waals surface area contributed by atoms with Crippen LogP contribution in [-0.4, -0.2) is 56.4 Å². The first kappa shape index (κ1) is 18.4. The molecule has 2 aliphatic rings. The summed E-state index contributed by atoms with van der Waals surface area (Å²) >= 11 is 0. The first-order valence-corrected chi connectivity index (χ1v) is 10.7. The van der Waals surface area contributed by atoms with Gasteiger partial charge in [-0.1, -0.05) is 12.1 Å². The van der Waals surface area contributed by atoms with Crippen LogP contribution >= 0.6 is 0 Å². The molecule has 4 heterocycles. The third-order valence-electron chi connectivity index (χ3n) is 5.43. The molecule has 1 fully saturated rings. The van der Waals surface area contributed by atoms with Crippen LogP contribution in [0.5, 0.6) is 0 Å². The van der Waals surface area contributed by atoms with Crippen molar-refractivity contribution in [3.63, 3.8) is 0 Å². The van der Waals surface area contributed by atoms with Crippen molar-refractivity contribution in [2.75, 3.05) is 37.0 Å². The summed E-state index contributed by atoms with van der Waals surface area (Å²) in [4.78, 5) is 16.3. The molecule has 0 aliphatic carbocycles. The molecule has 8 heteroatoms. The largest absolute Gasteiger partial charge is 0.395 e. The smallest absolute Gasteiger partial charge is 0.229 e. The topological polar surface area (TPSA) is 88.4 Å². The second-order valence-corrected chi connectivity index (χ2v) is 8.87. The van der Waals surface area contributed by atoms with Crippen LogP contribution < -0.4 is 4.90 Å². The Kier molecular flexibility index (Phi) is 4.61. The first-order valence-electron chi connectivity index (χ1n) is 9.43. The van der Waals surface area contributed by atoms with Crippen LogP contribution in [0.3, 0.4) is 0 Å². The Hall–Kier alpha value is -2.68. The molecule has 1 aromatic carbocycles. The SMILES string of the molecule is O=S(CCO)c1ccc2c(c1)N(c1ncc(-c3ccccn3)cn1)CC21COC1. The van der Waals surface area contributed by atoms with Crippen molar-refractivity contribution in [2.24, 2.45) is 0 Å². The minimum atomic E-state index is -1.24. The molecule has 1 spiro atoms. The van der Waals surface area contributed by atoms with Crippen LogP contribution in [0.2, 0.25) is 0 Å². The van der Waals surface area contributed by atoms with Crippen molar-refractivity contribution in [3.05, 3.63) is 60.6 Å². The van der Waals surface area contributed by atoms with E-state index in [0.717, 1.165) is 23.5 Å². The summed E-state index contributed by atoms with van der Waals surface area (Å²) in [6.07, 6.45) is 5.30. The summed E-state index contributed by atoms with van der Waals surface area (Å²) < 4.78 is 17.9. The van der Waals surface area contributed by atoms with Gasteiger partial charge in [0.15, 0.2) is 0 Å². The van der Waals surface area contributed by atoms with E-state index < -0.39 is 10.8 Å². The van der Waals surface area contributed by atoms with Gasteiger partial charge in [-0.2, -0.15) is 0 Å². The van der Waals surface area contributed by atoms with Crippen molar-refractivity contribution >= 4 is 22.4 Å². The Morgan fingerprint density at radius 2 is 1.97 bits per heavy atom. The number of rotatable bonds is 5. The summed E-state index contributed by atoms with van der Waals surface area (Å²) in [6.45, 7) is 1.92. The van der Waals surface area contributed by atoms with Gasteiger partial charge in [0.1, 0.15) is 0 Å². The zero-order valence-corrected chi connectivity index (χ0v) is 16.5. The fourth-order valence-corrected chi connectivity index (χ4v) is 4.76. The summed E-state index contributed by atoms with van der Waals surface area (Å²) in [5.74, 6) is 0.822. The second-order valence-electron chi connectivity index (χ2n) is 7.30. The van der Waals surface area contributed by atoms with Crippen LogP contribution in [0.25, 0.3) is 11.3 Å². The summed E-state index contributed by atoms with van der Waals surface area (Å²) in [7, 11) is -1.24. The van der Waals surface area contributed by atoms with E-state index in [1.807, 2.05) is 36.4 Å². The number of anilines is 2. The molecule has 0 bridgehead atoms. The highest BCUT2D eigenvalue weighted by molar-refractivity contribution is 7.85. The number of benzene rings is 1. The lowest BCUT2D eigenvalue weighted by Gasteiger charge is -2.38. The van der Waals surface area contributed by atoms with E-state index in [1.165, 1.54) is 5.56 Å². The number of aliphatic hydroxyl groups is 1. The maximum Gasteiger partial charge on any atom is 0.229 e. The molecule has 2 aliphatic heterocycles. The van der Waals surface area contributed by atoms with Crippen molar-refractivity contribution in [1.29, 1.82) is 0 Å². The lowest BCUT2D eigenvalue weighted by atomic mass is 9.81. The number of fused-ring (bicyclic) bond motifs is 2. The van der Waals surface area contributed by atoms with Crippen molar-refractivity contribution in [1.82, 2.24) is 15.0 Å². The highest BCUT2D eigenvalue weighted by atomic mass is 32.2. The van der Waals surface area contributed by atoms with Crippen LogP contribution in [0, 0.1) is 0 Å². The third kappa shape index (κ3) is 3.13. The molecule has 7 nitrogen and oxygen atoms in total. The van der Waals surface area contributed by atoms with Crippen LogP contribution in [0.15, 0.2) is 59.9 Å². The molecule has 3 aromatic rings.